The second-order valence-electron chi connectivity index (χ2n) is 6.16. The van der Waals surface area contributed by atoms with Crippen LogP contribution in [-0.4, -0.2) is 18.6 Å². The average Bonchev–Trinajstić information content (AvgIpc) is 3.17. The first kappa shape index (κ1) is 19.4. The van der Waals surface area contributed by atoms with Gasteiger partial charge in [0.05, 0.1) is 7.11 Å². The molecule has 0 saturated carbocycles. The lowest BCUT2D eigenvalue weighted by Gasteiger charge is -2.14. The highest BCUT2D eigenvalue weighted by Gasteiger charge is 2.16. The summed E-state index contributed by atoms with van der Waals surface area (Å²) in [6.07, 6.45) is 0. The molecule has 140 valence electrons. The highest BCUT2D eigenvalue weighted by atomic mass is 35.5. The molecule has 0 fully saturated rings. The Morgan fingerprint density at radius 1 is 1.11 bits per heavy atom. The number of rotatable bonds is 5. The molecule has 0 unspecified atom stereocenters. The van der Waals surface area contributed by atoms with Crippen molar-refractivity contribution in [3.8, 4) is 16.9 Å². The highest BCUT2D eigenvalue weighted by Crippen LogP contribution is 2.40. The van der Waals surface area contributed by atoms with Crippen LogP contribution in [0.25, 0.3) is 32.1 Å². The first-order valence-electron chi connectivity index (χ1n) is 8.63. The zero-order valence-electron chi connectivity index (χ0n) is 15.2. The number of fused-ring (bicyclic) bond motifs is 3. The van der Waals surface area contributed by atoms with Crippen molar-refractivity contribution >= 4 is 44.7 Å². The standard InChI is InChI=1S/C21H20N2O2S.ClH/c1-3-22-12-13-4-6-14(7-5-13)18-17(25-2)9-8-16-19(18)15-10-11-26-20(15)21(24)23-16;/h4-11,22H,3,12H2,1-2H3,(H,23,24);1H. The van der Waals surface area contributed by atoms with Gasteiger partial charge in [-0.1, -0.05) is 31.2 Å². The molecule has 2 aromatic heterocycles. The molecule has 0 saturated heterocycles. The molecule has 0 aliphatic carbocycles. The first-order chi connectivity index (χ1) is 12.7. The van der Waals surface area contributed by atoms with Gasteiger partial charge in [0.1, 0.15) is 10.4 Å². The summed E-state index contributed by atoms with van der Waals surface area (Å²) in [4.78, 5) is 15.3. The van der Waals surface area contributed by atoms with Gasteiger partial charge in [0.25, 0.3) is 5.56 Å². The minimum absolute atomic E-state index is 0. The zero-order valence-corrected chi connectivity index (χ0v) is 16.8. The van der Waals surface area contributed by atoms with Gasteiger partial charge in [0, 0.05) is 28.4 Å². The van der Waals surface area contributed by atoms with Crippen LogP contribution in [0, 0.1) is 0 Å². The van der Waals surface area contributed by atoms with Crippen molar-refractivity contribution in [2.45, 2.75) is 13.5 Å². The van der Waals surface area contributed by atoms with Crippen LogP contribution in [0.2, 0.25) is 0 Å². The Kier molecular flexibility index (Phi) is 5.85. The Bertz CT molecular complexity index is 1130. The number of methoxy groups -OCH3 is 1. The molecule has 2 N–H and O–H groups in total. The summed E-state index contributed by atoms with van der Waals surface area (Å²) in [5.74, 6) is 0.802. The van der Waals surface area contributed by atoms with Crippen LogP contribution in [0.15, 0.2) is 52.6 Å². The minimum Gasteiger partial charge on any atom is -0.496 e. The average molecular weight is 401 g/mol. The number of hydrogen-bond donors (Lipinski definition) is 2. The molecule has 4 nitrogen and oxygen atoms in total. The van der Waals surface area contributed by atoms with Crippen LogP contribution >= 0.6 is 23.7 Å². The van der Waals surface area contributed by atoms with Crippen LogP contribution in [0.4, 0.5) is 0 Å². The Balaban J connectivity index is 0.00000210. The van der Waals surface area contributed by atoms with Gasteiger partial charge in [0.15, 0.2) is 0 Å². The van der Waals surface area contributed by atoms with Crippen molar-refractivity contribution in [3.63, 3.8) is 0 Å². The van der Waals surface area contributed by atoms with Gasteiger partial charge in [-0.05, 0) is 41.3 Å². The van der Waals surface area contributed by atoms with E-state index in [1.54, 1.807) is 7.11 Å². The normalized spacial score (nSPS) is 10.9. The highest BCUT2D eigenvalue weighted by molar-refractivity contribution is 7.17. The van der Waals surface area contributed by atoms with Crippen LogP contribution in [-0.2, 0) is 6.54 Å². The number of aromatic amines is 1. The van der Waals surface area contributed by atoms with Crippen molar-refractivity contribution in [3.05, 3.63) is 63.8 Å². The molecule has 0 spiro atoms. The Morgan fingerprint density at radius 2 is 1.89 bits per heavy atom. The van der Waals surface area contributed by atoms with Crippen LogP contribution in [0.1, 0.15) is 12.5 Å². The quantitative estimate of drug-likeness (QED) is 0.498. The number of H-pyrrole nitrogens is 1. The lowest BCUT2D eigenvalue weighted by atomic mass is 9.96. The summed E-state index contributed by atoms with van der Waals surface area (Å²) in [5.41, 5.74) is 4.11. The maximum atomic E-state index is 12.3. The van der Waals surface area contributed by atoms with E-state index in [4.69, 9.17) is 4.74 Å². The second-order valence-corrected chi connectivity index (χ2v) is 7.08. The van der Waals surface area contributed by atoms with Crippen molar-refractivity contribution in [1.29, 1.82) is 0 Å². The Morgan fingerprint density at radius 3 is 2.59 bits per heavy atom. The third-order valence-corrected chi connectivity index (χ3v) is 5.51. The number of thiophene rings is 1. The monoisotopic (exact) mass is 400 g/mol. The molecule has 2 heterocycles. The molecule has 4 rings (SSSR count). The molecule has 0 radical (unpaired) electrons. The molecule has 0 bridgehead atoms. The van der Waals surface area contributed by atoms with Crippen LogP contribution in [0.3, 0.4) is 0 Å². The minimum atomic E-state index is -0.0420. The third-order valence-electron chi connectivity index (χ3n) is 4.60. The van der Waals surface area contributed by atoms with Gasteiger partial charge in [-0.2, -0.15) is 0 Å². The predicted molar refractivity (Wildman–Crippen MR) is 117 cm³/mol. The molecule has 0 aliphatic heterocycles. The smallest absolute Gasteiger partial charge is 0.266 e. The van der Waals surface area contributed by atoms with Crippen LogP contribution in [0.5, 0.6) is 5.75 Å². The maximum absolute atomic E-state index is 12.3. The molecule has 6 heteroatoms. The summed E-state index contributed by atoms with van der Waals surface area (Å²) >= 11 is 1.46. The topological polar surface area (TPSA) is 54.1 Å². The first-order valence-corrected chi connectivity index (χ1v) is 9.51. The van der Waals surface area contributed by atoms with E-state index in [1.807, 2.05) is 23.6 Å². The number of hydrogen-bond acceptors (Lipinski definition) is 4. The maximum Gasteiger partial charge on any atom is 0.266 e. The number of nitrogens with one attached hydrogen (secondary N) is 2. The van der Waals surface area contributed by atoms with E-state index >= 15 is 0 Å². The zero-order chi connectivity index (χ0) is 18.1. The molecule has 0 atom stereocenters. The fourth-order valence-corrected chi connectivity index (χ4v) is 4.14. The summed E-state index contributed by atoms with van der Waals surface area (Å²) in [6, 6.07) is 14.3. The third kappa shape index (κ3) is 3.46. The SMILES string of the molecule is CCNCc1ccc(-c2c(OC)ccc3[nH]c(=O)c4sccc4c23)cc1.Cl. The van der Waals surface area contributed by atoms with Gasteiger partial charge in [-0.25, -0.2) is 0 Å². The summed E-state index contributed by atoms with van der Waals surface area (Å²) < 4.78 is 6.40. The van der Waals surface area contributed by atoms with Crippen molar-refractivity contribution in [2.75, 3.05) is 13.7 Å². The fourth-order valence-electron chi connectivity index (χ4n) is 3.34. The van der Waals surface area contributed by atoms with E-state index in [2.05, 4.69) is 41.5 Å². The molecular weight excluding hydrogens is 380 g/mol. The number of ether oxygens (including phenoxy) is 1. The molecule has 2 aromatic carbocycles. The van der Waals surface area contributed by atoms with Crippen LogP contribution < -0.4 is 15.6 Å². The number of aromatic nitrogens is 1. The molecule has 27 heavy (non-hydrogen) atoms. The number of halogens is 1. The molecular formula is C21H21ClN2O2S. The number of benzene rings is 2. The Hall–Kier alpha value is -2.34. The van der Waals surface area contributed by atoms with Gasteiger partial charge in [0.2, 0.25) is 0 Å². The van der Waals surface area contributed by atoms with E-state index in [1.165, 1.54) is 16.9 Å². The predicted octanol–water partition coefficient (Wildman–Crippen LogP) is 4.95. The lowest BCUT2D eigenvalue weighted by molar-refractivity contribution is 0.417. The molecule has 0 aliphatic rings. The van der Waals surface area contributed by atoms with Crippen molar-refractivity contribution < 1.29 is 4.74 Å². The lowest BCUT2D eigenvalue weighted by Crippen LogP contribution is -2.11. The van der Waals surface area contributed by atoms with Gasteiger partial charge < -0.3 is 15.0 Å². The fraction of sp³-hybridized carbons (Fsp3) is 0.190. The van der Waals surface area contributed by atoms with Gasteiger partial charge in [-0.3, -0.25) is 4.79 Å². The van der Waals surface area contributed by atoms with Crippen molar-refractivity contribution in [1.82, 2.24) is 10.3 Å². The number of pyridine rings is 1. The van der Waals surface area contributed by atoms with E-state index in [0.29, 0.717) is 0 Å². The van der Waals surface area contributed by atoms with Gasteiger partial charge in [-0.15, -0.1) is 23.7 Å². The van der Waals surface area contributed by atoms with E-state index in [0.717, 1.165) is 51.0 Å². The van der Waals surface area contributed by atoms with E-state index in [9.17, 15) is 4.79 Å². The second kappa shape index (κ2) is 8.13. The summed E-state index contributed by atoms with van der Waals surface area (Å²) in [7, 11) is 1.68. The summed E-state index contributed by atoms with van der Waals surface area (Å²) in [6.45, 7) is 3.90. The van der Waals surface area contributed by atoms with E-state index in [-0.39, 0.29) is 18.0 Å². The van der Waals surface area contributed by atoms with Crippen molar-refractivity contribution in [2.24, 2.45) is 0 Å². The summed E-state index contributed by atoms with van der Waals surface area (Å²) in [5, 5.41) is 7.30. The van der Waals surface area contributed by atoms with Gasteiger partial charge >= 0.3 is 0 Å². The largest absolute Gasteiger partial charge is 0.496 e. The van der Waals surface area contributed by atoms with E-state index < -0.39 is 0 Å². The molecule has 4 aromatic rings. The Labute approximate surface area is 167 Å². The molecule has 0 amide bonds.